The molecule has 0 atom stereocenters. The lowest BCUT2D eigenvalue weighted by Crippen LogP contribution is -2.09. The van der Waals surface area contributed by atoms with Crippen molar-refractivity contribution in [1.82, 2.24) is 10.1 Å². The summed E-state index contributed by atoms with van der Waals surface area (Å²) in [5.41, 5.74) is 5.05. The van der Waals surface area contributed by atoms with Crippen LogP contribution in [0.1, 0.15) is 25.2 Å². The molecule has 0 fully saturated rings. The zero-order valence-corrected chi connectivity index (χ0v) is 11.1. The van der Waals surface area contributed by atoms with Gasteiger partial charge in [0.05, 0.1) is 0 Å². The van der Waals surface area contributed by atoms with Crippen LogP contribution < -0.4 is 5.73 Å². The first-order chi connectivity index (χ1) is 8.65. The zero-order valence-electron chi connectivity index (χ0n) is 9.56. The van der Waals surface area contributed by atoms with Gasteiger partial charge in [0.2, 0.25) is 17.6 Å². The number of rotatable bonds is 6. The molecule has 0 aromatic carbocycles. The molecule has 2 rings (SSSR count). The second-order valence-electron chi connectivity index (χ2n) is 3.79. The Bertz CT molecular complexity index is 535. The van der Waals surface area contributed by atoms with Crippen LogP contribution in [0.5, 0.6) is 0 Å². The number of nitrogens with zero attached hydrogens (tertiary/aromatic N) is 2. The molecule has 0 unspecified atom stereocenters. The van der Waals surface area contributed by atoms with E-state index >= 15 is 0 Å². The van der Waals surface area contributed by atoms with Gasteiger partial charge in [-0.25, -0.2) is 0 Å². The molecule has 6 nitrogen and oxygen atoms in total. The monoisotopic (exact) mass is 313 g/mol. The third-order valence-electron chi connectivity index (χ3n) is 2.33. The average Bonchev–Trinajstić information content (AvgIpc) is 2.93. The molecule has 0 bridgehead atoms. The van der Waals surface area contributed by atoms with Crippen LogP contribution >= 0.6 is 15.9 Å². The van der Waals surface area contributed by atoms with Gasteiger partial charge in [0, 0.05) is 12.8 Å². The van der Waals surface area contributed by atoms with Gasteiger partial charge in [-0.2, -0.15) is 4.98 Å². The van der Waals surface area contributed by atoms with Crippen molar-refractivity contribution >= 4 is 21.8 Å². The fraction of sp³-hybridized carbons (Fsp3) is 0.364. The van der Waals surface area contributed by atoms with Crippen LogP contribution in [0.4, 0.5) is 0 Å². The van der Waals surface area contributed by atoms with Gasteiger partial charge < -0.3 is 14.7 Å². The summed E-state index contributed by atoms with van der Waals surface area (Å²) < 4.78 is 11.0. The Labute approximate surface area is 112 Å². The molecule has 0 saturated carbocycles. The maximum absolute atomic E-state index is 10.6. The minimum atomic E-state index is -0.290. The van der Waals surface area contributed by atoms with Crippen LogP contribution in [0.25, 0.3) is 11.6 Å². The summed E-state index contributed by atoms with van der Waals surface area (Å²) in [6, 6.07) is 3.52. The number of unbranched alkanes of at least 4 members (excludes halogenated alkanes) is 1. The first-order valence-corrected chi connectivity index (χ1v) is 6.31. The lowest BCUT2D eigenvalue weighted by Gasteiger charge is -1.93. The molecule has 0 aliphatic heterocycles. The zero-order chi connectivity index (χ0) is 13.0. The number of hydrogen-bond acceptors (Lipinski definition) is 5. The highest BCUT2D eigenvalue weighted by Gasteiger charge is 2.11. The Morgan fingerprint density at radius 1 is 1.39 bits per heavy atom. The molecular formula is C11H12BrN3O3. The standard InChI is InChI=1S/C11H12BrN3O3/c12-8-6-5-7(17-8)11-14-10(18-15-11)4-2-1-3-9(13)16/h5-6H,1-4H2,(H2,13,16). The van der Waals surface area contributed by atoms with Crippen molar-refractivity contribution in [2.45, 2.75) is 25.7 Å². The number of nitrogens with two attached hydrogens (primary N) is 1. The molecule has 2 heterocycles. The smallest absolute Gasteiger partial charge is 0.238 e. The van der Waals surface area contributed by atoms with E-state index in [1.54, 1.807) is 12.1 Å². The summed E-state index contributed by atoms with van der Waals surface area (Å²) in [5, 5.41) is 3.82. The Morgan fingerprint density at radius 2 is 2.22 bits per heavy atom. The third kappa shape index (κ3) is 3.43. The third-order valence-corrected chi connectivity index (χ3v) is 2.75. The van der Waals surface area contributed by atoms with E-state index in [1.165, 1.54) is 0 Å². The highest BCUT2D eigenvalue weighted by Crippen LogP contribution is 2.22. The number of furan rings is 1. The van der Waals surface area contributed by atoms with E-state index in [4.69, 9.17) is 14.7 Å². The molecule has 0 saturated heterocycles. The Balaban J connectivity index is 1.88. The van der Waals surface area contributed by atoms with Gasteiger partial charge >= 0.3 is 0 Å². The lowest BCUT2D eigenvalue weighted by atomic mass is 10.2. The predicted molar refractivity (Wildman–Crippen MR) is 66.4 cm³/mol. The normalized spacial score (nSPS) is 10.7. The van der Waals surface area contributed by atoms with Crippen LogP contribution in [0.15, 0.2) is 25.7 Å². The molecule has 0 aliphatic rings. The number of halogens is 1. The molecule has 0 aliphatic carbocycles. The van der Waals surface area contributed by atoms with E-state index in [9.17, 15) is 4.79 Å². The predicted octanol–water partition coefficient (Wildman–Crippen LogP) is 2.29. The molecular weight excluding hydrogens is 302 g/mol. The van der Waals surface area contributed by atoms with Gasteiger partial charge in [-0.3, -0.25) is 4.79 Å². The number of carbonyl (C=O) groups excluding carboxylic acids is 1. The van der Waals surface area contributed by atoms with Crippen molar-refractivity contribution in [2.75, 3.05) is 0 Å². The fourth-order valence-corrected chi connectivity index (χ4v) is 1.77. The molecule has 7 heteroatoms. The van der Waals surface area contributed by atoms with Gasteiger partial charge in [-0.05, 0) is 40.9 Å². The topological polar surface area (TPSA) is 95.2 Å². The highest BCUT2D eigenvalue weighted by atomic mass is 79.9. The van der Waals surface area contributed by atoms with Crippen LogP contribution in [-0.4, -0.2) is 16.0 Å². The van der Waals surface area contributed by atoms with Crippen molar-refractivity contribution in [3.05, 3.63) is 22.7 Å². The van der Waals surface area contributed by atoms with E-state index < -0.39 is 0 Å². The first kappa shape index (κ1) is 12.8. The molecule has 2 aromatic heterocycles. The van der Waals surface area contributed by atoms with Gasteiger partial charge in [-0.1, -0.05) is 5.16 Å². The van der Waals surface area contributed by atoms with Gasteiger partial charge in [0.1, 0.15) is 0 Å². The number of hydrogen-bond donors (Lipinski definition) is 1. The molecule has 96 valence electrons. The van der Waals surface area contributed by atoms with Crippen molar-refractivity contribution < 1.29 is 13.7 Å². The second kappa shape index (κ2) is 5.81. The molecule has 0 radical (unpaired) electrons. The number of primary amides is 1. The van der Waals surface area contributed by atoms with Gasteiger partial charge in [0.15, 0.2) is 10.4 Å². The second-order valence-corrected chi connectivity index (χ2v) is 4.57. The summed E-state index contributed by atoms with van der Waals surface area (Å²) in [7, 11) is 0. The largest absolute Gasteiger partial charge is 0.446 e. The SMILES string of the molecule is NC(=O)CCCCc1nc(-c2ccc(Br)o2)no1. The van der Waals surface area contributed by atoms with Crippen LogP contribution in [0, 0.1) is 0 Å². The van der Waals surface area contributed by atoms with E-state index in [-0.39, 0.29) is 5.91 Å². The summed E-state index contributed by atoms with van der Waals surface area (Å²) >= 11 is 3.20. The Kier molecular flexibility index (Phi) is 4.14. The summed E-state index contributed by atoms with van der Waals surface area (Å²) in [6.07, 6.45) is 2.51. The minimum absolute atomic E-state index is 0.290. The van der Waals surface area contributed by atoms with Crippen LogP contribution in [0.2, 0.25) is 0 Å². The fourth-order valence-electron chi connectivity index (χ4n) is 1.47. The molecule has 0 spiro atoms. The average molecular weight is 314 g/mol. The quantitative estimate of drug-likeness (QED) is 0.825. The van der Waals surface area contributed by atoms with Crippen LogP contribution in [-0.2, 0) is 11.2 Å². The maximum Gasteiger partial charge on any atom is 0.238 e. The van der Waals surface area contributed by atoms with E-state index in [1.807, 2.05) is 0 Å². The number of amides is 1. The molecule has 2 N–H and O–H groups in total. The highest BCUT2D eigenvalue weighted by molar-refractivity contribution is 9.10. The maximum atomic E-state index is 10.6. The van der Waals surface area contributed by atoms with Crippen molar-refractivity contribution in [3.63, 3.8) is 0 Å². The number of carbonyl (C=O) groups is 1. The Morgan fingerprint density at radius 3 is 2.89 bits per heavy atom. The summed E-state index contributed by atoms with van der Waals surface area (Å²) in [4.78, 5) is 14.8. The molecule has 2 aromatic rings. The molecule has 1 amide bonds. The van der Waals surface area contributed by atoms with Crippen molar-refractivity contribution in [3.8, 4) is 11.6 Å². The van der Waals surface area contributed by atoms with Gasteiger partial charge in [0.25, 0.3) is 0 Å². The Hall–Kier alpha value is -1.63. The minimum Gasteiger partial charge on any atom is -0.446 e. The lowest BCUT2D eigenvalue weighted by molar-refractivity contribution is -0.118. The van der Waals surface area contributed by atoms with Crippen LogP contribution in [0.3, 0.4) is 0 Å². The van der Waals surface area contributed by atoms with E-state index in [2.05, 4.69) is 26.1 Å². The van der Waals surface area contributed by atoms with E-state index in [0.717, 1.165) is 12.8 Å². The van der Waals surface area contributed by atoms with Crippen molar-refractivity contribution in [1.29, 1.82) is 0 Å². The van der Waals surface area contributed by atoms with Gasteiger partial charge in [-0.15, -0.1) is 0 Å². The summed E-state index contributed by atoms with van der Waals surface area (Å²) in [5.74, 6) is 1.21. The summed E-state index contributed by atoms with van der Waals surface area (Å²) in [6.45, 7) is 0. The van der Waals surface area contributed by atoms with E-state index in [0.29, 0.717) is 35.0 Å². The van der Waals surface area contributed by atoms with Crippen molar-refractivity contribution in [2.24, 2.45) is 5.73 Å². The number of aromatic nitrogens is 2. The number of aryl methyl sites for hydroxylation is 1. The first-order valence-electron chi connectivity index (χ1n) is 5.52. The molecule has 18 heavy (non-hydrogen) atoms.